The Balaban J connectivity index is 4.74. The van der Waals surface area contributed by atoms with Crippen LogP contribution in [-0.4, -0.2) is 6.72 Å². The molecule has 0 saturated heterocycles. The van der Waals surface area contributed by atoms with Crippen LogP contribution in [-0.2, 0) is 0 Å². The van der Waals surface area contributed by atoms with Crippen molar-refractivity contribution >= 4 is 6.72 Å². The molecule has 0 aromatic rings. The van der Waals surface area contributed by atoms with Gasteiger partial charge in [0.15, 0.2) is 0 Å². The van der Waals surface area contributed by atoms with Gasteiger partial charge in [0.1, 0.15) is 0 Å². The Hall–Kier alpha value is -1.37. The van der Waals surface area contributed by atoms with Gasteiger partial charge < -0.3 is 0 Å². The van der Waals surface area contributed by atoms with Crippen LogP contribution < -0.4 is 0 Å². The van der Waals surface area contributed by atoms with Gasteiger partial charge in [-0.1, -0.05) is 30.4 Å². The number of nitrogens with zero attached hydrogens (tertiary/aromatic N) is 1. The molecule has 1 nitrogen and oxygen atoms in total. The lowest BCUT2D eigenvalue weighted by atomic mass is 10.1. The van der Waals surface area contributed by atoms with Gasteiger partial charge in [0, 0.05) is 6.20 Å². The molecule has 0 aromatic carbocycles. The first-order valence-corrected chi connectivity index (χ1v) is 4.24. The summed E-state index contributed by atoms with van der Waals surface area (Å²) in [7, 11) is 0. The molecule has 0 aliphatic carbocycles. The summed E-state index contributed by atoms with van der Waals surface area (Å²) in [5.41, 5.74) is 3.28. The zero-order chi connectivity index (χ0) is 10.3. The van der Waals surface area contributed by atoms with E-state index in [1.807, 2.05) is 39.0 Å². The second-order valence-electron chi connectivity index (χ2n) is 2.92. The highest BCUT2D eigenvalue weighted by Crippen LogP contribution is 2.11. The summed E-state index contributed by atoms with van der Waals surface area (Å²) in [6, 6.07) is 0. The minimum atomic E-state index is 1.03. The third kappa shape index (κ3) is 4.96. The molecule has 70 valence electrons. The molecule has 0 radical (unpaired) electrons. The monoisotopic (exact) mass is 175 g/mol. The predicted molar refractivity (Wildman–Crippen MR) is 61.0 cm³/mol. The Labute approximate surface area is 80.9 Å². The highest BCUT2D eigenvalue weighted by Gasteiger charge is 1.92. The summed E-state index contributed by atoms with van der Waals surface area (Å²) in [6.45, 7) is 13.2. The fourth-order valence-electron chi connectivity index (χ4n) is 0.773. The number of hydrogen-bond donors (Lipinski definition) is 0. The fraction of sp³-hybridized carbons (Fsp3) is 0.250. The Bertz CT molecular complexity index is 277. The first-order chi connectivity index (χ1) is 6.11. The smallest absolute Gasteiger partial charge is 0.0335 e. The topological polar surface area (TPSA) is 12.4 Å². The van der Waals surface area contributed by atoms with Crippen molar-refractivity contribution in [1.29, 1.82) is 0 Å². The number of aliphatic imine (C=N–C) groups is 1. The molecule has 0 saturated carbocycles. The molecular formula is C12H17N. The number of allylic oxidation sites excluding steroid dienone is 6. The standard InChI is InChI=1S/C12H17N/c1-6-11(4)12(9-13-5)8-7-10(2)3/h6-9H,2,5H2,1,3-4H3/b8-7-,11-6-,12-9-. The van der Waals surface area contributed by atoms with Crippen LogP contribution in [0.15, 0.2) is 52.7 Å². The van der Waals surface area contributed by atoms with Gasteiger partial charge in [0.2, 0.25) is 0 Å². The molecular weight excluding hydrogens is 158 g/mol. The van der Waals surface area contributed by atoms with E-state index in [1.54, 1.807) is 6.20 Å². The predicted octanol–water partition coefficient (Wildman–Crippen LogP) is 3.67. The van der Waals surface area contributed by atoms with Gasteiger partial charge in [-0.15, -0.1) is 0 Å². The Morgan fingerprint density at radius 2 is 1.85 bits per heavy atom. The quantitative estimate of drug-likeness (QED) is 0.456. The number of hydrogen-bond acceptors (Lipinski definition) is 1. The summed E-state index contributed by atoms with van der Waals surface area (Å²) in [5, 5.41) is 0. The Kier molecular flexibility index (Phi) is 5.53. The van der Waals surface area contributed by atoms with Crippen molar-refractivity contribution < 1.29 is 0 Å². The average molecular weight is 175 g/mol. The van der Waals surface area contributed by atoms with Gasteiger partial charge in [-0.25, -0.2) is 0 Å². The molecule has 0 fully saturated rings. The minimum absolute atomic E-state index is 1.03. The van der Waals surface area contributed by atoms with E-state index in [9.17, 15) is 0 Å². The van der Waals surface area contributed by atoms with Crippen molar-refractivity contribution in [3.63, 3.8) is 0 Å². The minimum Gasteiger partial charge on any atom is -0.272 e. The molecule has 0 aromatic heterocycles. The first-order valence-electron chi connectivity index (χ1n) is 4.24. The molecule has 0 amide bonds. The second-order valence-corrected chi connectivity index (χ2v) is 2.92. The van der Waals surface area contributed by atoms with Gasteiger partial charge in [0.25, 0.3) is 0 Å². The van der Waals surface area contributed by atoms with Crippen LogP contribution in [0.5, 0.6) is 0 Å². The zero-order valence-electron chi connectivity index (χ0n) is 8.67. The maximum absolute atomic E-state index is 3.79. The van der Waals surface area contributed by atoms with E-state index >= 15 is 0 Å². The van der Waals surface area contributed by atoms with E-state index in [4.69, 9.17) is 0 Å². The van der Waals surface area contributed by atoms with Crippen LogP contribution >= 0.6 is 0 Å². The lowest BCUT2D eigenvalue weighted by Crippen LogP contribution is -1.80. The van der Waals surface area contributed by atoms with E-state index in [0.29, 0.717) is 0 Å². The molecule has 0 aliphatic heterocycles. The van der Waals surface area contributed by atoms with Gasteiger partial charge in [-0.2, -0.15) is 0 Å². The van der Waals surface area contributed by atoms with E-state index in [1.165, 1.54) is 5.57 Å². The van der Waals surface area contributed by atoms with Crippen LogP contribution in [0.25, 0.3) is 0 Å². The molecule has 0 spiro atoms. The second kappa shape index (κ2) is 6.18. The molecule has 0 heterocycles. The van der Waals surface area contributed by atoms with Crippen LogP contribution in [0, 0.1) is 0 Å². The Morgan fingerprint density at radius 1 is 1.23 bits per heavy atom. The third-order valence-electron chi connectivity index (χ3n) is 1.67. The van der Waals surface area contributed by atoms with Crippen molar-refractivity contribution in [2.75, 3.05) is 0 Å². The fourth-order valence-corrected chi connectivity index (χ4v) is 0.773. The van der Waals surface area contributed by atoms with Crippen molar-refractivity contribution in [2.24, 2.45) is 4.99 Å². The molecule has 0 N–H and O–H groups in total. The largest absolute Gasteiger partial charge is 0.272 e. The van der Waals surface area contributed by atoms with Gasteiger partial charge >= 0.3 is 0 Å². The zero-order valence-corrected chi connectivity index (χ0v) is 8.67. The van der Waals surface area contributed by atoms with Gasteiger partial charge in [-0.05, 0) is 38.6 Å². The normalized spacial score (nSPS) is 13.5. The summed E-state index contributed by atoms with van der Waals surface area (Å²) >= 11 is 0. The molecule has 0 unspecified atom stereocenters. The van der Waals surface area contributed by atoms with E-state index < -0.39 is 0 Å². The Morgan fingerprint density at radius 3 is 2.23 bits per heavy atom. The van der Waals surface area contributed by atoms with Crippen molar-refractivity contribution in [1.82, 2.24) is 0 Å². The van der Waals surface area contributed by atoms with Gasteiger partial charge in [-0.3, -0.25) is 4.99 Å². The average Bonchev–Trinajstić information content (AvgIpc) is 2.10. The number of rotatable bonds is 4. The van der Waals surface area contributed by atoms with E-state index in [-0.39, 0.29) is 0 Å². The molecule has 1 heteroatoms. The molecule has 0 bridgehead atoms. The van der Waals surface area contributed by atoms with Crippen LogP contribution in [0.3, 0.4) is 0 Å². The lowest BCUT2D eigenvalue weighted by Gasteiger charge is -1.99. The van der Waals surface area contributed by atoms with Crippen LogP contribution in [0.2, 0.25) is 0 Å². The van der Waals surface area contributed by atoms with Gasteiger partial charge in [0.05, 0.1) is 0 Å². The lowest BCUT2D eigenvalue weighted by molar-refractivity contribution is 1.36. The third-order valence-corrected chi connectivity index (χ3v) is 1.67. The van der Waals surface area contributed by atoms with Crippen LogP contribution in [0.1, 0.15) is 20.8 Å². The highest BCUT2D eigenvalue weighted by atomic mass is 14.6. The SMILES string of the molecule is C=N/C=C(/C=C\C(=C)C)C(\C)=C/C. The van der Waals surface area contributed by atoms with Crippen molar-refractivity contribution in [2.45, 2.75) is 20.8 Å². The van der Waals surface area contributed by atoms with E-state index in [2.05, 4.69) is 18.3 Å². The van der Waals surface area contributed by atoms with Crippen molar-refractivity contribution in [3.8, 4) is 0 Å². The summed E-state index contributed by atoms with van der Waals surface area (Å²) < 4.78 is 0. The van der Waals surface area contributed by atoms with Crippen LogP contribution in [0.4, 0.5) is 0 Å². The first kappa shape index (κ1) is 11.6. The van der Waals surface area contributed by atoms with Crippen molar-refractivity contribution in [3.05, 3.63) is 47.7 Å². The molecule has 13 heavy (non-hydrogen) atoms. The highest BCUT2D eigenvalue weighted by molar-refractivity contribution is 5.41. The van der Waals surface area contributed by atoms with E-state index in [0.717, 1.165) is 11.1 Å². The molecule has 0 rings (SSSR count). The molecule has 0 atom stereocenters. The molecule has 0 aliphatic rings. The summed E-state index contributed by atoms with van der Waals surface area (Å²) in [4.78, 5) is 3.75. The summed E-state index contributed by atoms with van der Waals surface area (Å²) in [6.07, 6.45) is 7.74. The maximum atomic E-state index is 3.79. The maximum Gasteiger partial charge on any atom is 0.0335 e. The summed E-state index contributed by atoms with van der Waals surface area (Å²) in [5.74, 6) is 0.